The number of anilines is 1. The molecule has 1 amide bonds. The maximum absolute atomic E-state index is 13.3. The molecule has 35 heavy (non-hydrogen) atoms. The lowest BCUT2D eigenvalue weighted by Crippen LogP contribution is -2.39. The van der Waals surface area contributed by atoms with Crippen molar-refractivity contribution in [3.05, 3.63) is 89.5 Å². The lowest BCUT2D eigenvalue weighted by atomic mass is 10.2. The van der Waals surface area contributed by atoms with Crippen LogP contribution >= 0.6 is 0 Å². The number of nitrogens with one attached hydrogen (secondary N) is 1. The molecule has 0 saturated heterocycles. The quantitative estimate of drug-likeness (QED) is 0.364. The number of hydrazone groups is 1. The molecule has 3 aromatic carbocycles. The van der Waals surface area contributed by atoms with Gasteiger partial charge in [-0.15, -0.1) is 0 Å². The molecule has 0 aliphatic rings. The van der Waals surface area contributed by atoms with Gasteiger partial charge in [0.05, 0.1) is 29.5 Å². The third-order valence-electron chi connectivity index (χ3n) is 4.85. The molecule has 0 radical (unpaired) electrons. The number of rotatable bonds is 8. The molecule has 0 saturated carbocycles. The molecule has 7 nitrogen and oxygen atoms in total. The largest absolute Gasteiger partial charge is 0.497 e. The smallest absolute Gasteiger partial charge is 0.416 e. The van der Waals surface area contributed by atoms with Crippen LogP contribution in [0.5, 0.6) is 5.75 Å². The van der Waals surface area contributed by atoms with E-state index in [1.54, 1.807) is 43.3 Å². The molecule has 0 spiro atoms. The van der Waals surface area contributed by atoms with Crippen molar-refractivity contribution in [3.8, 4) is 5.75 Å². The van der Waals surface area contributed by atoms with Crippen LogP contribution in [0.2, 0.25) is 0 Å². The number of carbonyl (C=O) groups excluding carboxylic acids is 1. The normalized spacial score (nSPS) is 11.9. The zero-order chi connectivity index (χ0) is 25.6. The number of aryl methyl sites for hydroxylation is 1. The Kier molecular flexibility index (Phi) is 7.80. The lowest BCUT2D eigenvalue weighted by Gasteiger charge is -2.24. The SMILES string of the molecule is COc1cccc(/C=N\NC(=O)CN(c2cccc(C(F)(F)F)c2)S(=O)(=O)c2ccc(C)cc2)c1. The van der Waals surface area contributed by atoms with E-state index in [-0.39, 0.29) is 10.6 Å². The van der Waals surface area contributed by atoms with Crippen LogP contribution in [0, 0.1) is 6.92 Å². The molecule has 0 unspecified atom stereocenters. The highest BCUT2D eigenvalue weighted by molar-refractivity contribution is 7.92. The highest BCUT2D eigenvalue weighted by Gasteiger charge is 2.33. The van der Waals surface area contributed by atoms with Crippen molar-refractivity contribution in [2.75, 3.05) is 18.0 Å². The average molecular weight is 506 g/mol. The Balaban J connectivity index is 1.90. The van der Waals surface area contributed by atoms with Gasteiger partial charge in [-0.3, -0.25) is 9.10 Å². The number of carbonyl (C=O) groups is 1. The number of amides is 1. The molecule has 1 N–H and O–H groups in total. The molecular weight excluding hydrogens is 483 g/mol. The summed E-state index contributed by atoms with van der Waals surface area (Å²) in [7, 11) is -2.88. The zero-order valence-corrected chi connectivity index (χ0v) is 19.6. The van der Waals surface area contributed by atoms with E-state index in [0.717, 1.165) is 17.7 Å². The van der Waals surface area contributed by atoms with Gasteiger partial charge in [0, 0.05) is 0 Å². The number of ether oxygens (including phenoxy) is 1. The van der Waals surface area contributed by atoms with Gasteiger partial charge in [0.15, 0.2) is 0 Å². The standard InChI is InChI=1S/C24H22F3N3O4S/c1-17-9-11-22(12-10-17)35(32,33)30(20-7-4-6-19(14-20)24(25,26)27)16-23(31)29-28-15-18-5-3-8-21(13-18)34-2/h3-15H,16H2,1-2H3,(H,29,31)/b28-15-. The van der Waals surface area contributed by atoms with Crippen LogP contribution in [0.25, 0.3) is 0 Å². The fourth-order valence-electron chi connectivity index (χ4n) is 3.06. The lowest BCUT2D eigenvalue weighted by molar-refractivity contribution is -0.137. The van der Waals surface area contributed by atoms with Crippen LogP contribution in [-0.4, -0.2) is 34.2 Å². The second-order valence-corrected chi connectivity index (χ2v) is 9.30. The predicted octanol–water partition coefficient (Wildman–Crippen LogP) is 4.37. The summed E-state index contributed by atoms with van der Waals surface area (Å²) in [6.45, 7) is 0.960. The Morgan fingerprint density at radius 1 is 1.06 bits per heavy atom. The number of nitrogens with zero attached hydrogens (tertiary/aromatic N) is 2. The first kappa shape index (κ1) is 25.8. The number of halogens is 3. The first-order valence-corrected chi connectivity index (χ1v) is 11.7. The van der Waals surface area contributed by atoms with E-state index in [4.69, 9.17) is 4.74 Å². The van der Waals surface area contributed by atoms with E-state index in [9.17, 15) is 26.4 Å². The van der Waals surface area contributed by atoms with Crippen LogP contribution in [0.1, 0.15) is 16.7 Å². The summed E-state index contributed by atoms with van der Waals surface area (Å²) in [6.07, 6.45) is -3.37. The Morgan fingerprint density at radius 3 is 2.40 bits per heavy atom. The van der Waals surface area contributed by atoms with E-state index in [2.05, 4.69) is 10.5 Å². The van der Waals surface area contributed by atoms with E-state index >= 15 is 0 Å². The van der Waals surface area contributed by atoms with Crippen molar-refractivity contribution in [1.29, 1.82) is 0 Å². The number of benzene rings is 3. The zero-order valence-electron chi connectivity index (χ0n) is 18.8. The second kappa shape index (κ2) is 10.6. The molecule has 184 valence electrons. The van der Waals surface area contributed by atoms with Crippen LogP contribution in [0.3, 0.4) is 0 Å². The van der Waals surface area contributed by atoms with Crippen molar-refractivity contribution in [1.82, 2.24) is 5.43 Å². The van der Waals surface area contributed by atoms with Gasteiger partial charge in [0.1, 0.15) is 12.3 Å². The number of hydrogen-bond donors (Lipinski definition) is 1. The highest BCUT2D eigenvalue weighted by Crippen LogP contribution is 2.33. The Morgan fingerprint density at radius 2 is 1.74 bits per heavy atom. The van der Waals surface area contributed by atoms with Gasteiger partial charge >= 0.3 is 6.18 Å². The van der Waals surface area contributed by atoms with Gasteiger partial charge in [0.2, 0.25) is 0 Å². The van der Waals surface area contributed by atoms with Gasteiger partial charge in [-0.25, -0.2) is 13.8 Å². The summed E-state index contributed by atoms with van der Waals surface area (Å²) >= 11 is 0. The van der Waals surface area contributed by atoms with Crippen LogP contribution < -0.4 is 14.5 Å². The molecule has 11 heteroatoms. The van der Waals surface area contributed by atoms with Crippen LogP contribution in [0.15, 0.2) is 82.8 Å². The minimum Gasteiger partial charge on any atom is -0.497 e. The molecule has 0 fully saturated rings. The second-order valence-electron chi connectivity index (χ2n) is 7.44. The Hall–Kier alpha value is -3.86. The molecule has 0 aliphatic heterocycles. The Bertz CT molecular complexity index is 1320. The summed E-state index contributed by atoms with van der Waals surface area (Å²) in [5.41, 5.74) is 2.24. The third kappa shape index (κ3) is 6.60. The topological polar surface area (TPSA) is 88.1 Å². The monoisotopic (exact) mass is 505 g/mol. The molecule has 0 bridgehead atoms. The summed E-state index contributed by atoms with van der Waals surface area (Å²) in [4.78, 5) is 12.4. The predicted molar refractivity (Wildman–Crippen MR) is 126 cm³/mol. The molecule has 0 aliphatic carbocycles. The molecular formula is C24H22F3N3O4S. The maximum Gasteiger partial charge on any atom is 0.416 e. The van der Waals surface area contributed by atoms with E-state index in [1.807, 2.05) is 0 Å². The molecule has 0 aromatic heterocycles. The molecule has 0 heterocycles. The van der Waals surface area contributed by atoms with Gasteiger partial charge in [-0.1, -0.05) is 35.9 Å². The van der Waals surface area contributed by atoms with Gasteiger partial charge in [-0.2, -0.15) is 18.3 Å². The average Bonchev–Trinajstić information content (AvgIpc) is 2.82. The highest BCUT2D eigenvalue weighted by atomic mass is 32.2. The maximum atomic E-state index is 13.3. The first-order valence-electron chi connectivity index (χ1n) is 10.2. The number of hydrogen-bond acceptors (Lipinski definition) is 5. The summed E-state index contributed by atoms with van der Waals surface area (Å²) in [5.74, 6) is -0.280. The van der Waals surface area contributed by atoms with E-state index in [0.29, 0.717) is 21.7 Å². The third-order valence-corrected chi connectivity index (χ3v) is 6.64. The fraction of sp³-hybridized carbons (Fsp3) is 0.167. The van der Waals surface area contributed by atoms with Crippen molar-refractivity contribution in [2.45, 2.75) is 18.0 Å². The Labute approximate surface area is 200 Å². The summed E-state index contributed by atoms with van der Waals surface area (Å²) in [6, 6.07) is 16.3. The molecule has 3 aromatic rings. The number of methoxy groups -OCH3 is 1. The minimum atomic E-state index is -4.70. The van der Waals surface area contributed by atoms with Gasteiger partial charge in [0.25, 0.3) is 15.9 Å². The first-order chi connectivity index (χ1) is 16.5. The number of sulfonamides is 1. The van der Waals surface area contributed by atoms with Crippen molar-refractivity contribution >= 4 is 27.8 Å². The van der Waals surface area contributed by atoms with E-state index in [1.165, 1.54) is 31.5 Å². The number of alkyl halides is 3. The van der Waals surface area contributed by atoms with Gasteiger partial charge in [-0.05, 0) is 55.0 Å². The summed E-state index contributed by atoms with van der Waals surface area (Å²) in [5, 5.41) is 3.81. The minimum absolute atomic E-state index is 0.173. The van der Waals surface area contributed by atoms with Crippen molar-refractivity contribution in [2.24, 2.45) is 5.10 Å². The van der Waals surface area contributed by atoms with Gasteiger partial charge < -0.3 is 4.74 Å². The molecule has 3 rings (SSSR count). The van der Waals surface area contributed by atoms with E-state index < -0.39 is 34.2 Å². The van der Waals surface area contributed by atoms with Crippen molar-refractivity contribution < 1.29 is 31.1 Å². The van der Waals surface area contributed by atoms with Crippen LogP contribution in [-0.2, 0) is 21.0 Å². The van der Waals surface area contributed by atoms with Crippen molar-refractivity contribution in [3.63, 3.8) is 0 Å². The summed E-state index contributed by atoms with van der Waals surface area (Å²) < 4.78 is 72.1. The van der Waals surface area contributed by atoms with Crippen LogP contribution in [0.4, 0.5) is 18.9 Å². The molecule has 0 atom stereocenters. The fourth-order valence-corrected chi connectivity index (χ4v) is 4.47.